The summed E-state index contributed by atoms with van der Waals surface area (Å²) in [5.74, 6) is -1.58. The van der Waals surface area contributed by atoms with Crippen LogP contribution in [0.25, 0.3) is 0 Å². The Kier molecular flexibility index (Phi) is 14.8. The minimum Gasteiger partial charge on any atom is -0.395 e. The van der Waals surface area contributed by atoms with Crippen LogP contribution in [0, 0.1) is 5.92 Å². The number of hydrogen-bond donors (Lipinski definition) is 13. The number of Topliss-reactive ketones (excluding diaryl/α,β-unsaturated/α-hetero) is 1. The SMILES string of the molecule is NC[C@@H]1O[C@H](O[C@H]2[C@@H](O)[C@H](O[C@@H]3[C@@H](O)[C@H](CC(=O)[C@H](N)O)C[C@H](N)[C@H]3O[C@H]3O[C@H](CNCCO)CC[C@H]3N)O[C@@H]2CO)[C@H](N)[C@@H](O)[C@@H]1O. The molecule has 0 bridgehead atoms. The van der Waals surface area contributed by atoms with Crippen LogP contribution in [-0.4, -0.2) is 179 Å². The van der Waals surface area contributed by atoms with Gasteiger partial charge in [-0.25, -0.2) is 0 Å². The van der Waals surface area contributed by atoms with Crippen molar-refractivity contribution in [3.8, 4) is 0 Å². The zero-order valence-corrected chi connectivity index (χ0v) is 26.6. The Balaban J connectivity index is 1.53. The van der Waals surface area contributed by atoms with Crippen molar-refractivity contribution in [1.82, 2.24) is 5.32 Å². The monoisotopic (exact) mass is 698 g/mol. The first-order chi connectivity index (χ1) is 22.8. The molecule has 3 heterocycles. The van der Waals surface area contributed by atoms with Gasteiger partial charge in [0.25, 0.3) is 0 Å². The van der Waals surface area contributed by atoms with Gasteiger partial charge in [0.2, 0.25) is 0 Å². The lowest BCUT2D eigenvalue weighted by Gasteiger charge is -2.46. The maximum absolute atomic E-state index is 12.4. The van der Waals surface area contributed by atoms with E-state index in [1.54, 1.807) is 0 Å². The Hall–Kier alpha value is -1.09. The molecule has 1 aliphatic carbocycles. The van der Waals surface area contributed by atoms with Crippen molar-refractivity contribution in [2.45, 2.75) is 130 Å². The van der Waals surface area contributed by atoms with E-state index in [1.165, 1.54) is 0 Å². The predicted octanol–water partition coefficient (Wildman–Crippen LogP) is -7.69. The molecule has 18 N–H and O–H groups in total. The topological polar surface area (TPSA) is 356 Å². The Morgan fingerprint density at radius 2 is 1.48 bits per heavy atom. The van der Waals surface area contributed by atoms with E-state index in [4.69, 9.17) is 62.2 Å². The van der Waals surface area contributed by atoms with Gasteiger partial charge in [0, 0.05) is 32.1 Å². The molecule has 3 aliphatic heterocycles. The van der Waals surface area contributed by atoms with Crippen LogP contribution in [-0.2, 0) is 33.2 Å². The molecule has 20 nitrogen and oxygen atoms in total. The van der Waals surface area contributed by atoms with Crippen molar-refractivity contribution in [3.63, 3.8) is 0 Å². The van der Waals surface area contributed by atoms with Gasteiger partial charge in [-0.05, 0) is 25.2 Å². The van der Waals surface area contributed by atoms with Gasteiger partial charge in [-0.2, -0.15) is 0 Å². The van der Waals surface area contributed by atoms with Crippen LogP contribution < -0.4 is 34.0 Å². The fourth-order valence-corrected chi connectivity index (χ4v) is 6.61. The second kappa shape index (κ2) is 17.9. The molecule has 0 aromatic rings. The minimum absolute atomic E-state index is 0.0528. The maximum Gasteiger partial charge on any atom is 0.187 e. The molecule has 3 saturated heterocycles. The highest BCUT2D eigenvalue weighted by atomic mass is 16.8. The summed E-state index contributed by atoms with van der Waals surface area (Å²) in [7, 11) is 0. The van der Waals surface area contributed by atoms with Gasteiger partial charge in [-0.15, -0.1) is 0 Å². The molecule has 0 spiro atoms. The van der Waals surface area contributed by atoms with Crippen molar-refractivity contribution in [2.75, 3.05) is 32.8 Å². The number of hydrogen-bond acceptors (Lipinski definition) is 20. The second-order valence-electron chi connectivity index (χ2n) is 12.9. The number of rotatable bonds is 15. The Morgan fingerprint density at radius 1 is 0.812 bits per heavy atom. The van der Waals surface area contributed by atoms with Crippen LogP contribution in [0.4, 0.5) is 0 Å². The summed E-state index contributed by atoms with van der Waals surface area (Å²) >= 11 is 0. The summed E-state index contributed by atoms with van der Waals surface area (Å²) in [6, 6.07) is -2.71. The van der Waals surface area contributed by atoms with E-state index in [2.05, 4.69) is 5.32 Å². The van der Waals surface area contributed by atoms with Crippen LogP contribution in [0.2, 0.25) is 0 Å². The first-order valence-electron chi connectivity index (χ1n) is 16.3. The Bertz CT molecular complexity index is 1010. The number of ether oxygens (including phenoxy) is 6. The van der Waals surface area contributed by atoms with Gasteiger partial charge < -0.3 is 92.4 Å². The molecular weight excluding hydrogens is 644 g/mol. The maximum atomic E-state index is 12.4. The number of nitrogens with two attached hydrogens (primary N) is 5. The number of carbonyl (C=O) groups is 1. The first kappa shape index (κ1) is 39.7. The lowest BCUT2D eigenvalue weighted by molar-refractivity contribution is -0.292. The van der Waals surface area contributed by atoms with E-state index >= 15 is 0 Å². The quantitative estimate of drug-likeness (QED) is 0.0557. The molecule has 4 fully saturated rings. The second-order valence-corrected chi connectivity index (χ2v) is 12.9. The average molecular weight is 699 g/mol. The van der Waals surface area contributed by atoms with E-state index in [-0.39, 0.29) is 32.1 Å². The first-order valence-corrected chi connectivity index (χ1v) is 16.3. The Morgan fingerprint density at radius 3 is 2.12 bits per heavy atom. The summed E-state index contributed by atoms with van der Waals surface area (Å²) in [6.45, 7) is -0.111. The van der Waals surface area contributed by atoms with Crippen LogP contribution in [0.15, 0.2) is 0 Å². The lowest BCUT2D eigenvalue weighted by atomic mass is 9.77. The highest BCUT2D eigenvalue weighted by molar-refractivity contribution is 5.82. The third-order valence-corrected chi connectivity index (χ3v) is 9.42. The third-order valence-electron chi connectivity index (χ3n) is 9.42. The van der Waals surface area contributed by atoms with Gasteiger partial charge in [-0.3, -0.25) is 10.5 Å². The van der Waals surface area contributed by atoms with Gasteiger partial charge >= 0.3 is 0 Å². The van der Waals surface area contributed by atoms with Gasteiger partial charge in [0.1, 0.15) is 48.8 Å². The molecular formula is C28H54N6O14. The summed E-state index contributed by atoms with van der Waals surface area (Å²) in [5, 5.41) is 75.2. The summed E-state index contributed by atoms with van der Waals surface area (Å²) in [4.78, 5) is 12.4. The van der Waals surface area contributed by atoms with Crippen LogP contribution in [0.3, 0.4) is 0 Å². The molecule has 280 valence electrons. The molecule has 20 heteroatoms. The van der Waals surface area contributed by atoms with E-state index in [0.717, 1.165) is 0 Å². The number of nitrogens with one attached hydrogen (secondary N) is 1. The van der Waals surface area contributed by atoms with Crippen molar-refractivity contribution in [2.24, 2.45) is 34.6 Å². The molecule has 0 radical (unpaired) electrons. The van der Waals surface area contributed by atoms with Crippen LogP contribution in [0.1, 0.15) is 25.7 Å². The van der Waals surface area contributed by atoms with E-state index in [0.29, 0.717) is 25.9 Å². The molecule has 0 aromatic heterocycles. The molecule has 0 amide bonds. The van der Waals surface area contributed by atoms with Crippen molar-refractivity contribution < 1.29 is 69.0 Å². The highest BCUT2D eigenvalue weighted by Gasteiger charge is 2.54. The van der Waals surface area contributed by atoms with Gasteiger partial charge in [-0.1, -0.05) is 0 Å². The van der Waals surface area contributed by atoms with Crippen molar-refractivity contribution in [1.29, 1.82) is 0 Å². The van der Waals surface area contributed by atoms with Gasteiger partial charge in [0.05, 0.1) is 37.5 Å². The largest absolute Gasteiger partial charge is 0.395 e. The molecule has 18 atom stereocenters. The standard InChI is InChI=1S/C28H54N6O14/c29-7-15-19(39)20(40)17(32)27(44-15)47-23-16(9-36)45-28(21(23)41)48-24-18(38)10(6-14(37)25(33)42)5-13(31)22(24)46-26-12(30)2-1-11(43-26)8-34-3-4-35/h10-13,15-28,34-36,38-42H,1-9,29-33H2/t10-,11-,12+,13-,15-,16+,17+,18-,19+,20+,21+,22+,23+,24+,25+,26+,27+,28-/m0/s1. The Labute approximate surface area is 277 Å². The van der Waals surface area contributed by atoms with Crippen LogP contribution in [0.5, 0.6) is 0 Å². The zero-order valence-electron chi connectivity index (χ0n) is 26.6. The number of carbonyl (C=O) groups excluding carboxylic acids is 1. The summed E-state index contributed by atoms with van der Waals surface area (Å²) in [6.07, 6.45) is -17.2. The highest BCUT2D eigenvalue weighted by Crippen LogP contribution is 2.37. The fraction of sp³-hybridized carbons (Fsp3) is 0.964. The number of ketones is 1. The van der Waals surface area contributed by atoms with E-state index < -0.39 is 116 Å². The lowest BCUT2D eigenvalue weighted by Crippen LogP contribution is -2.64. The summed E-state index contributed by atoms with van der Waals surface area (Å²) < 4.78 is 35.8. The number of aliphatic hydroxyl groups is 7. The molecule has 4 rings (SSSR count). The number of aliphatic hydroxyl groups excluding tert-OH is 7. The van der Waals surface area contributed by atoms with Crippen molar-refractivity contribution >= 4 is 5.78 Å². The van der Waals surface area contributed by atoms with Crippen LogP contribution >= 0.6 is 0 Å². The molecule has 0 aromatic carbocycles. The average Bonchev–Trinajstić information content (AvgIpc) is 3.35. The predicted molar refractivity (Wildman–Crippen MR) is 162 cm³/mol. The van der Waals surface area contributed by atoms with Crippen molar-refractivity contribution in [3.05, 3.63) is 0 Å². The van der Waals surface area contributed by atoms with E-state index in [9.17, 15) is 35.4 Å². The molecule has 0 unspecified atom stereocenters. The summed E-state index contributed by atoms with van der Waals surface area (Å²) in [5.41, 5.74) is 29.9. The third kappa shape index (κ3) is 9.22. The zero-order chi connectivity index (χ0) is 35.3. The molecule has 48 heavy (non-hydrogen) atoms. The molecule has 4 aliphatic rings. The molecule has 1 saturated carbocycles. The van der Waals surface area contributed by atoms with Gasteiger partial charge in [0.15, 0.2) is 30.9 Å². The normalized spacial score (nSPS) is 46.0. The smallest absolute Gasteiger partial charge is 0.187 e. The van der Waals surface area contributed by atoms with E-state index in [1.807, 2.05) is 0 Å². The fourth-order valence-electron chi connectivity index (χ4n) is 6.61. The minimum atomic E-state index is -1.78.